The Morgan fingerprint density at radius 2 is 1.93 bits per heavy atom. The fourth-order valence-corrected chi connectivity index (χ4v) is 4.89. The zero-order valence-electron chi connectivity index (χ0n) is 14.8. The normalized spacial score (nSPS) is 11.0. The van der Waals surface area contributed by atoms with Gasteiger partial charge in [0.2, 0.25) is 0 Å². The third-order valence-corrected chi connectivity index (χ3v) is 6.42. The lowest BCUT2D eigenvalue weighted by Gasteiger charge is -2.17. The number of furan rings is 1. The number of rotatable bonds is 6. The van der Waals surface area contributed by atoms with Crippen LogP contribution in [0.15, 0.2) is 75.7 Å². The second kappa shape index (κ2) is 7.98. The van der Waals surface area contributed by atoms with Gasteiger partial charge in [-0.15, -0.1) is 11.3 Å². The van der Waals surface area contributed by atoms with Crippen LogP contribution in [0.4, 0.5) is 0 Å². The van der Waals surface area contributed by atoms with E-state index in [4.69, 9.17) is 4.42 Å². The number of benzene rings is 2. The molecule has 0 spiro atoms. The van der Waals surface area contributed by atoms with Gasteiger partial charge in [0.05, 0.1) is 23.0 Å². The minimum atomic E-state index is -0.00750. The summed E-state index contributed by atoms with van der Waals surface area (Å²) in [6.07, 6.45) is 1.62. The standard InChI is InChI=1S/C21H18N2O2S2/c1-23(13-16-8-6-12-25-16)20(24)17-9-3-2-7-15(17)14-26-21-22-18-10-4-5-11-19(18)27-21/h2-12H,13-14H2,1H3. The van der Waals surface area contributed by atoms with Crippen LogP contribution in [0.25, 0.3) is 10.2 Å². The molecule has 2 aromatic heterocycles. The van der Waals surface area contributed by atoms with E-state index in [1.807, 2.05) is 54.6 Å². The van der Waals surface area contributed by atoms with Crippen LogP contribution in [-0.2, 0) is 12.3 Å². The molecule has 1 amide bonds. The van der Waals surface area contributed by atoms with Gasteiger partial charge in [-0.25, -0.2) is 4.98 Å². The lowest BCUT2D eigenvalue weighted by Crippen LogP contribution is -2.26. The molecule has 4 rings (SSSR count). The van der Waals surface area contributed by atoms with Crippen LogP contribution >= 0.6 is 23.1 Å². The second-order valence-corrected chi connectivity index (χ2v) is 8.39. The fourth-order valence-electron chi connectivity index (χ4n) is 2.82. The van der Waals surface area contributed by atoms with Crippen molar-refractivity contribution in [1.82, 2.24) is 9.88 Å². The first-order valence-electron chi connectivity index (χ1n) is 8.55. The fraction of sp³-hybridized carbons (Fsp3) is 0.143. The lowest BCUT2D eigenvalue weighted by atomic mass is 10.1. The molecule has 0 radical (unpaired) electrons. The summed E-state index contributed by atoms with van der Waals surface area (Å²) in [6.45, 7) is 0.450. The van der Waals surface area contributed by atoms with Gasteiger partial charge in [-0.3, -0.25) is 4.79 Å². The van der Waals surface area contributed by atoms with Gasteiger partial charge in [-0.2, -0.15) is 0 Å². The number of fused-ring (bicyclic) bond motifs is 1. The van der Waals surface area contributed by atoms with E-state index in [1.54, 1.807) is 41.3 Å². The average molecular weight is 395 g/mol. The van der Waals surface area contributed by atoms with Gasteiger partial charge in [0.15, 0.2) is 4.34 Å². The number of aromatic nitrogens is 1. The predicted octanol–water partition coefficient (Wildman–Crippen LogP) is 5.45. The average Bonchev–Trinajstić information content (AvgIpc) is 3.35. The molecule has 4 aromatic rings. The van der Waals surface area contributed by atoms with Gasteiger partial charge in [0, 0.05) is 18.4 Å². The summed E-state index contributed by atoms with van der Waals surface area (Å²) in [6, 6.07) is 19.6. The van der Waals surface area contributed by atoms with Gasteiger partial charge in [-0.1, -0.05) is 42.1 Å². The van der Waals surface area contributed by atoms with Gasteiger partial charge in [-0.05, 0) is 35.9 Å². The molecule has 0 aliphatic carbocycles. The van der Waals surface area contributed by atoms with E-state index < -0.39 is 0 Å². The summed E-state index contributed by atoms with van der Waals surface area (Å²) in [7, 11) is 1.79. The summed E-state index contributed by atoms with van der Waals surface area (Å²) >= 11 is 3.35. The van der Waals surface area contributed by atoms with Crippen LogP contribution in [-0.4, -0.2) is 22.8 Å². The smallest absolute Gasteiger partial charge is 0.254 e. The Morgan fingerprint density at radius 1 is 1.11 bits per heavy atom. The molecule has 0 N–H and O–H groups in total. The maximum absolute atomic E-state index is 12.9. The Bertz CT molecular complexity index is 1020. The summed E-state index contributed by atoms with van der Waals surface area (Å²) in [5.74, 6) is 1.47. The number of amides is 1. The maximum atomic E-state index is 12.9. The topological polar surface area (TPSA) is 46.3 Å². The van der Waals surface area contributed by atoms with Crippen LogP contribution in [0, 0.1) is 0 Å². The van der Waals surface area contributed by atoms with Crippen molar-refractivity contribution < 1.29 is 9.21 Å². The number of hydrogen-bond acceptors (Lipinski definition) is 5. The van der Waals surface area contributed by atoms with Crippen molar-refractivity contribution in [1.29, 1.82) is 0 Å². The largest absolute Gasteiger partial charge is 0.467 e. The maximum Gasteiger partial charge on any atom is 0.254 e. The molecule has 0 saturated heterocycles. The summed E-state index contributed by atoms with van der Waals surface area (Å²) < 4.78 is 7.55. The van der Waals surface area contributed by atoms with Crippen LogP contribution in [0.1, 0.15) is 21.7 Å². The molecule has 0 atom stereocenters. The molecule has 0 bridgehead atoms. The van der Waals surface area contributed by atoms with E-state index in [0.717, 1.165) is 26.7 Å². The summed E-state index contributed by atoms with van der Waals surface area (Å²) in [5, 5.41) is 0. The number of para-hydroxylation sites is 1. The van der Waals surface area contributed by atoms with Crippen LogP contribution in [0.2, 0.25) is 0 Å². The van der Waals surface area contributed by atoms with Crippen molar-refractivity contribution in [2.45, 2.75) is 16.6 Å². The number of thiazole rings is 1. The highest BCUT2D eigenvalue weighted by Crippen LogP contribution is 2.32. The zero-order valence-corrected chi connectivity index (χ0v) is 16.4. The monoisotopic (exact) mass is 394 g/mol. The Hall–Kier alpha value is -2.57. The Balaban J connectivity index is 1.49. The highest BCUT2D eigenvalue weighted by Gasteiger charge is 2.17. The minimum absolute atomic E-state index is 0.00750. The van der Waals surface area contributed by atoms with Crippen LogP contribution in [0.5, 0.6) is 0 Å². The van der Waals surface area contributed by atoms with Crippen molar-refractivity contribution in [2.75, 3.05) is 7.05 Å². The van der Waals surface area contributed by atoms with Crippen molar-refractivity contribution >= 4 is 39.2 Å². The molecule has 0 unspecified atom stereocenters. The second-order valence-electron chi connectivity index (χ2n) is 6.13. The highest BCUT2D eigenvalue weighted by atomic mass is 32.2. The molecule has 2 aromatic carbocycles. The Morgan fingerprint density at radius 3 is 2.74 bits per heavy atom. The minimum Gasteiger partial charge on any atom is -0.467 e. The molecule has 2 heterocycles. The van der Waals surface area contributed by atoms with E-state index in [1.165, 1.54) is 4.70 Å². The van der Waals surface area contributed by atoms with Crippen LogP contribution in [0.3, 0.4) is 0 Å². The molecular formula is C21H18N2O2S2. The first kappa shape index (κ1) is 17.8. The number of nitrogens with zero attached hydrogens (tertiary/aromatic N) is 2. The molecule has 27 heavy (non-hydrogen) atoms. The van der Waals surface area contributed by atoms with E-state index in [-0.39, 0.29) is 5.91 Å². The summed E-state index contributed by atoms with van der Waals surface area (Å²) in [5.41, 5.74) is 2.76. The molecule has 0 saturated carbocycles. The van der Waals surface area contributed by atoms with Crippen molar-refractivity contribution in [2.24, 2.45) is 0 Å². The number of carbonyl (C=O) groups excluding carboxylic acids is 1. The number of hydrogen-bond donors (Lipinski definition) is 0. The SMILES string of the molecule is CN(Cc1ccco1)C(=O)c1ccccc1CSc1nc2ccccc2s1. The van der Waals surface area contributed by atoms with E-state index >= 15 is 0 Å². The van der Waals surface area contributed by atoms with Gasteiger partial charge in [0.1, 0.15) is 5.76 Å². The first-order chi connectivity index (χ1) is 13.2. The molecular weight excluding hydrogens is 376 g/mol. The molecule has 6 heteroatoms. The molecule has 0 fully saturated rings. The van der Waals surface area contributed by atoms with E-state index in [2.05, 4.69) is 11.1 Å². The zero-order chi connectivity index (χ0) is 18.6. The predicted molar refractivity (Wildman–Crippen MR) is 110 cm³/mol. The Labute approximate surface area is 165 Å². The third kappa shape index (κ3) is 4.07. The van der Waals surface area contributed by atoms with E-state index in [9.17, 15) is 4.79 Å². The molecule has 136 valence electrons. The first-order valence-corrected chi connectivity index (χ1v) is 10.3. The summed E-state index contributed by atoms with van der Waals surface area (Å²) in [4.78, 5) is 19.2. The molecule has 0 aliphatic heterocycles. The highest BCUT2D eigenvalue weighted by molar-refractivity contribution is 8.00. The molecule has 0 aliphatic rings. The van der Waals surface area contributed by atoms with Crippen molar-refractivity contribution in [3.63, 3.8) is 0 Å². The van der Waals surface area contributed by atoms with Gasteiger partial charge < -0.3 is 9.32 Å². The number of thioether (sulfide) groups is 1. The van der Waals surface area contributed by atoms with E-state index in [0.29, 0.717) is 12.3 Å². The quantitative estimate of drug-likeness (QED) is 0.408. The van der Waals surface area contributed by atoms with Crippen molar-refractivity contribution in [3.8, 4) is 0 Å². The lowest BCUT2D eigenvalue weighted by molar-refractivity contribution is 0.0774. The third-order valence-electron chi connectivity index (χ3n) is 4.19. The van der Waals surface area contributed by atoms with Gasteiger partial charge in [0.25, 0.3) is 5.91 Å². The van der Waals surface area contributed by atoms with Crippen molar-refractivity contribution in [3.05, 3.63) is 83.8 Å². The van der Waals surface area contributed by atoms with Crippen LogP contribution < -0.4 is 0 Å². The Kier molecular flexibility index (Phi) is 5.27. The molecule has 4 nitrogen and oxygen atoms in total. The number of carbonyl (C=O) groups is 1. The van der Waals surface area contributed by atoms with Gasteiger partial charge >= 0.3 is 0 Å².